The maximum absolute atomic E-state index is 15.9. The van der Waals surface area contributed by atoms with Crippen molar-refractivity contribution in [2.75, 3.05) is 21.7 Å². The van der Waals surface area contributed by atoms with Crippen LogP contribution in [0.1, 0.15) is 133 Å². The summed E-state index contributed by atoms with van der Waals surface area (Å²) in [4.78, 5) is 113. The van der Waals surface area contributed by atoms with E-state index in [1.807, 2.05) is 19.1 Å². The molecule has 0 spiro atoms. The van der Waals surface area contributed by atoms with Crippen molar-refractivity contribution in [3.8, 4) is 22.9 Å². The molecule has 0 radical (unpaired) electrons. The van der Waals surface area contributed by atoms with Crippen LogP contribution in [0.5, 0.6) is 0 Å². The first-order valence-electron chi connectivity index (χ1n) is 27.0. The highest BCUT2D eigenvalue weighted by Crippen LogP contribution is 2.59. The van der Waals surface area contributed by atoms with E-state index in [0.717, 1.165) is 12.6 Å². The van der Waals surface area contributed by atoms with Gasteiger partial charge in [-0.3, -0.25) is 43.3 Å². The number of carbonyl (C=O) groups excluding carboxylic acids is 8. The molecular weight excluding hydrogens is 1220 g/mol. The number of hydrogen-bond donors (Lipinski definition) is 0. The molecular formula is C64H38F12N6O9. The van der Waals surface area contributed by atoms with E-state index in [2.05, 4.69) is 10.2 Å². The summed E-state index contributed by atoms with van der Waals surface area (Å²) in [6.45, 7) is 6.85. The van der Waals surface area contributed by atoms with Crippen LogP contribution in [0.3, 0.4) is 0 Å². The number of hydrogen-bond acceptors (Lipinski definition) is 11. The van der Waals surface area contributed by atoms with Crippen LogP contribution in [0.25, 0.3) is 22.9 Å². The molecule has 15 nitrogen and oxygen atoms in total. The Morgan fingerprint density at radius 3 is 0.923 bits per heavy atom. The first-order valence-corrected chi connectivity index (χ1v) is 27.0. The zero-order valence-electron chi connectivity index (χ0n) is 47.4. The summed E-state index contributed by atoms with van der Waals surface area (Å²) in [5.41, 5.74) is -21.9. The van der Waals surface area contributed by atoms with Crippen molar-refractivity contribution >= 4 is 64.3 Å². The second-order valence-electron chi connectivity index (χ2n) is 22.1. The van der Waals surface area contributed by atoms with Gasteiger partial charge in [-0.15, -0.1) is 10.2 Å². The lowest BCUT2D eigenvalue weighted by molar-refractivity contribution is -0.290. The number of carbonyl (C=O) groups is 8. The Balaban J connectivity index is 0.867. The zero-order valence-corrected chi connectivity index (χ0v) is 47.4. The summed E-state index contributed by atoms with van der Waals surface area (Å²) in [5, 5.41) is 8.06. The number of rotatable bonds is 9. The minimum atomic E-state index is -6.35. The third kappa shape index (κ3) is 8.37. The fraction of sp³-hybridized carbons (Fsp3) is 0.188. The lowest BCUT2D eigenvalue weighted by atomic mass is 9.71. The van der Waals surface area contributed by atoms with Gasteiger partial charge < -0.3 is 4.42 Å². The maximum Gasteiger partial charge on any atom is 0.411 e. The van der Waals surface area contributed by atoms with Crippen LogP contribution in [0.15, 0.2) is 126 Å². The van der Waals surface area contributed by atoms with Crippen LogP contribution in [0, 0.1) is 34.6 Å². The van der Waals surface area contributed by atoms with Gasteiger partial charge in [-0.1, -0.05) is 42.0 Å². The van der Waals surface area contributed by atoms with E-state index in [4.69, 9.17) is 4.42 Å². The predicted molar refractivity (Wildman–Crippen MR) is 297 cm³/mol. The van der Waals surface area contributed by atoms with Crippen molar-refractivity contribution in [2.24, 2.45) is 0 Å². The number of nitrogens with zero attached hydrogens (tertiary/aromatic N) is 6. The number of benzene rings is 7. The van der Waals surface area contributed by atoms with E-state index < -0.39 is 150 Å². The van der Waals surface area contributed by atoms with E-state index in [1.54, 1.807) is 12.1 Å². The molecule has 4 aliphatic heterocycles. The van der Waals surface area contributed by atoms with Crippen molar-refractivity contribution in [1.82, 2.24) is 15.1 Å². The van der Waals surface area contributed by atoms with Gasteiger partial charge in [0.1, 0.15) is 0 Å². The molecule has 7 aromatic carbocycles. The molecule has 27 heteroatoms. The van der Waals surface area contributed by atoms with Crippen LogP contribution in [0.2, 0.25) is 0 Å². The topological polar surface area (TPSA) is 188 Å². The highest BCUT2D eigenvalue weighted by atomic mass is 19.4. The molecule has 12 rings (SSSR count). The van der Waals surface area contributed by atoms with Crippen molar-refractivity contribution in [2.45, 2.75) is 70.2 Å². The minimum Gasteiger partial charge on any atom is -0.416 e. The van der Waals surface area contributed by atoms with Crippen LogP contribution in [-0.2, 0) is 10.8 Å². The van der Waals surface area contributed by atoms with Crippen molar-refractivity contribution in [1.29, 1.82) is 0 Å². The lowest BCUT2D eigenvalue weighted by Gasteiger charge is -2.38. The van der Waals surface area contributed by atoms with Crippen LogP contribution in [-0.4, -0.2) is 94.1 Å². The second-order valence-corrected chi connectivity index (χ2v) is 22.1. The molecule has 0 aliphatic carbocycles. The van der Waals surface area contributed by atoms with Crippen LogP contribution >= 0.6 is 0 Å². The summed E-state index contributed by atoms with van der Waals surface area (Å²) in [6.07, 6.45) is -25.3. The minimum absolute atomic E-state index is 0.0259. The summed E-state index contributed by atoms with van der Waals surface area (Å²) < 4.78 is 194. The monoisotopic (exact) mass is 1260 g/mol. The number of amides is 8. The number of anilines is 3. The molecule has 4 aliphatic rings. The average Bonchev–Trinajstić information content (AvgIpc) is 1.47. The predicted octanol–water partition coefficient (Wildman–Crippen LogP) is 13.4. The summed E-state index contributed by atoms with van der Waals surface area (Å²) in [7, 11) is 0.963. The standard InChI is InChI=1S/C64H38F12N6O9/c1-27-7-9-32(10-8-27)49-77-78-50(91-49)33-11-17-38(18-12-33)80-53(85)40-20-14-35(24-44(40)56(80)88)60(63(71,72)73,64(74,75)76)37-16-22-42-46(26-37)58(90)82(55(42)87)48-30(4)28(2)47(29(3)31(48)5)81-54(86)41-21-15-36(25-45(41)57(81)89)59(61(65,66)67,62(68,69)70)34-13-19-39-43(23-34)52(84)79(6)51(39)83/h7-26H,1-6H3. The molecule has 0 atom stereocenters. The van der Waals surface area contributed by atoms with Gasteiger partial charge in [0.25, 0.3) is 47.3 Å². The molecule has 8 aromatic rings. The second kappa shape index (κ2) is 20.0. The summed E-state index contributed by atoms with van der Waals surface area (Å²) in [5.74, 6) is -9.85. The number of imide groups is 4. The largest absolute Gasteiger partial charge is 0.416 e. The first kappa shape index (κ1) is 60.7. The molecule has 462 valence electrons. The first-order chi connectivity index (χ1) is 42.5. The van der Waals surface area contributed by atoms with Gasteiger partial charge in [0.15, 0.2) is 0 Å². The number of alkyl halides is 12. The van der Waals surface area contributed by atoms with Gasteiger partial charge in [0, 0.05) is 18.2 Å². The molecule has 91 heavy (non-hydrogen) atoms. The van der Waals surface area contributed by atoms with E-state index in [1.165, 1.54) is 52.0 Å². The van der Waals surface area contributed by atoms with Gasteiger partial charge in [0.2, 0.25) is 22.6 Å². The Labute approximate surface area is 504 Å². The number of halogens is 12. The Bertz CT molecular complexity index is 4590. The Hall–Kier alpha value is -10.6. The maximum atomic E-state index is 15.9. The molecule has 0 unspecified atom stereocenters. The highest BCUT2D eigenvalue weighted by molar-refractivity contribution is 6.37. The summed E-state index contributed by atoms with van der Waals surface area (Å²) in [6, 6.07) is 17.2. The van der Waals surface area contributed by atoms with Crippen molar-refractivity contribution in [3.63, 3.8) is 0 Å². The molecule has 1 aromatic heterocycles. The van der Waals surface area contributed by atoms with Crippen LogP contribution in [0.4, 0.5) is 69.7 Å². The fourth-order valence-electron chi connectivity index (χ4n) is 12.5. The van der Waals surface area contributed by atoms with Crippen LogP contribution < -0.4 is 14.7 Å². The molecule has 0 bridgehead atoms. The SMILES string of the molecule is Cc1ccc(-c2nnc(-c3ccc(N4C(=O)c5ccc(C(c6ccc7c(c6)C(=O)N(c6c(C)c(C)c(N8C(=O)c9ccc(C(c%10ccc%11c(c%10)C(=O)N(C)C%11=O)(C(F)(F)F)C(F)(F)F)cc9C8=O)c(C)c6C)C7=O)(C(F)(F)F)C(F)(F)F)cc5C4=O)cc3)o2)cc1. The van der Waals surface area contributed by atoms with E-state index >= 15 is 52.7 Å². The Kier molecular flexibility index (Phi) is 13.3. The lowest BCUT2D eigenvalue weighted by Crippen LogP contribution is -2.55. The molecule has 0 N–H and O–H groups in total. The number of fused-ring (bicyclic) bond motifs is 4. The number of aromatic nitrogens is 2. The fourth-order valence-corrected chi connectivity index (χ4v) is 12.5. The molecule has 0 fully saturated rings. The summed E-state index contributed by atoms with van der Waals surface area (Å²) >= 11 is 0. The van der Waals surface area contributed by atoms with E-state index in [-0.39, 0.29) is 75.4 Å². The van der Waals surface area contributed by atoms with Gasteiger partial charge in [-0.05, 0) is 164 Å². The van der Waals surface area contributed by atoms with Crippen molar-refractivity contribution in [3.05, 3.63) is 216 Å². The zero-order chi connectivity index (χ0) is 66.0. The van der Waals surface area contributed by atoms with Gasteiger partial charge in [-0.25, -0.2) is 14.7 Å². The Morgan fingerprint density at radius 1 is 0.330 bits per heavy atom. The molecule has 5 heterocycles. The molecule has 8 amide bonds. The average molecular weight is 1260 g/mol. The van der Waals surface area contributed by atoms with Gasteiger partial charge in [-0.2, -0.15) is 52.7 Å². The molecule has 0 saturated carbocycles. The van der Waals surface area contributed by atoms with Crippen molar-refractivity contribution < 1.29 is 95.5 Å². The smallest absolute Gasteiger partial charge is 0.411 e. The van der Waals surface area contributed by atoms with Gasteiger partial charge in [0.05, 0.1) is 61.6 Å². The van der Waals surface area contributed by atoms with E-state index in [9.17, 15) is 38.4 Å². The highest BCUT2D eigenvalue weighted by Gasteiger charge is 2.74. The quantitative estimate of drug-likeness (QED) is 0.0988. The number of aryl methyl sites for hydroxylation is 1. The third-order valence-electron chi connectivity index (χ3n) is 17.3. The normalized spacial score (nSPS) is 15.5. The van der Waals surface area contributed by atoms with E-state index in [0.29, 0.717) is 79.3 Å². The third-order valence-corrected chi connectivity index (χ3v) is 17.3. The van der Waals surface area contributed by atoms with Gasteiger partial charge >= 0.3 is 24.7 Å². The Morgan fingerprint density at radius 2 is 0.593 bits per heavy atom. The molecule has 0 saturated heterocycles.